The van der Waals surface area contributed by atoms with E-state index in [1.807, 2.05) is 22.9 Å². The summed E-state index contributed by atoms with van der Waals surface area (Å²) >= 11 is 8.82. The van der Waals surface area contributed by atoms with Crippen LogP contribution in [0.2, 0.25) is 5.02 Å². The van der Waals surface area contributed by atoms with Crippen LogP contribution in [0.1, 0.15) is 5.56 Å². The predicted octanol–water partition coefficient (Wildman–Crippen LogP) is 5.32. The highest BCUT2D eigenvalue weighted by molar-refractivity contribution is 7.16. The van der Waals surface area contributed by atoms with Gasteiger partial charge in [-0.3, -0.25) is 10.1 Å². The molecule has 0 radical (unpaired) electrons. The summed E-state index contributed by atoms with van der Waals surface area (Å²) < 4.78 is 13.6. The first-order valence-corrected chi connectivity index (χ1v) is 8.69. The van der Waals surface area contributed by atoms with Crippen LogP contribution in [0.3, 0.4) is 0 Å². The summed E-state index contributed by atoms with van der Waals surface area (Å²) in [5, 5.41) is 7.24. The Morgan fingerprint density at radius 1 is 1.26 bits per heavy atom. The molecule has 0 saturated heterocycles. The molecule has 1 N–H and O–H groups in total. The van der Waals surface area contributed by atoms with Gasteiger partial charge in [-0.25, -0.2) is 9.37 Å². The lowest BCUT2D eigenvalue weighted by Gasteiger charge is -2.00. The molecule has 1 amide bonds. The lowest BCUT2D eigenvalue weighted by Crippen LogP contribution is -2.07. The molecule has 3 nitrogen and oxygen atoms in total. The van der Waals surface area contributed by atoms with Gasteiger partial charge in [-0.2, -0.15) is 0 Å². The number of hydrogen-bond acceptors (Lipinski definition) is 4. The third-order valence-corrected chi connectivity index (χ3v) is 4.89. The summed E-state index contributed by atoms with van der Waals surface area (Å²) in [5.41, 5.74) is 1.00. The highest BCUT2D eigenvalue weighted by atomic mass is 35.5. The first kappa shape index (κ1) is 15.9. The van der Waals surface area contributed by atoms with Crippen molar-refractivity contribution in [2.75, 3.05) is 5.32 Å². The van der Waals surface area contributed by atoms with Gasteiger partial charge >= 0.3 is 0 Å². The number of thiazole rings is 1. The topological polar surface area (TPSA) is 42.0 Å². The highest BCUT2D eigenvalue weighted by Crippen LogP contribution is 2.28. The third kappa shape index (κ3) is 3.85. The van der Waals surface area contributed by atoms with E-state index < -0.39 is 11.7 Å². The maximum Gasteiger partial charge on any atom is 0.250 e. The summed E-state index contributed by atoms with van der Waals surface area (Å²) in [6.07, 6.45) is 2.58. The summed E-state index contributed by atoms with van der Waals surface area (Å²) in [6, 6.07) is 8.27. The number of hydrogen-bond donors (Lipinski definition) is 1. The van der Waals surface area contributed by atoms with Crippen molar-refractivity contribution in [3.63, 3.8) is 0 Å². The second kappa shape index (κ2) is 7.04. The van der Waals surface area contributed by atoms with E-state index in [9.17, 15) is 9.18 Å². The Kier molecular flexibility index (Phi) is 4.85. The largest absolute Gasteiger partial charge is 0.298 e. The molecule has 0 spiro atoms. The summed E-state index contributed by atoms with van der Waals surface area (Å²) in [6.45, 7) is 0. The smallest absolute Gasteiger partial charge is 0.250 e. The van der Waals surface area contributed by atoms with Gasteiger partial charge in [0.2, 0.25) is 5.91 Å². The van der Waals surface area contributed by atoms with Crippen molar-refractivity contribution in [3.8, 4) is 10.6 Å². The van der Waals surface area contributed by atoms with Crippen LogP contribution in [-0.2, 0) is 4.79 Å². The van der Waals surface area contributed by atoms with Gasteiger partial charge in [-0.1, -0.05) is 23.7 Å². The van der Waals surface area contributed by atoms with Gasteiger partial charge in [0.05, 0.1) is 15.6 Å². The molecule has 0 aliphatic heterocycles. The number of halogens is 2. The molecule has 0 unspecified atom stereocenters. The maximum atomic E-state index is 13.6. The number of nitrogens with zero attached hydrogens (tertiary/aromatic N) is 1. The van der Waals surface area contributed by atoms with Crippen molar-refractivity contribution in [1.82, 2.24) is 4.98 Å². The van der Waals surface area contributed by atoms with Gasteiger partial charge in [-0.15, -0.1) is 22.7 Å². The normalized spacial score (nSPS) is 11.0. The predicted molar refractivity (Wildman–Crippen MR) is 94.5 cm³/mol. The number of anilines is 1. The molecular formula is C16H10ClFN2OS2. The zero-order valence-corrected chi connectivity index (χ0v) is 14.0. The summed E-state index contributed by atoms with van der Waals surface area (Å²) in [7, 11) is 0. The Balaban J connectivity index is 1.69. The number of rotatable bonds is 4. The molecule has 7 heteroatoms. The SMILES string of the molecule is O=C(C=Cc1c(F)cccc1Cl)Nc1nc(-c2cccs2)cs1. The second-order valence-electron chi connectivity index (χ2n) is 4.47. The van der Waals surface area contributed by atoms with Crippen LogP contribution in [0.15, 0.2) is 47.2 Å². The van der Waals surface area contributed by atoms with Crippen LogP contribution < -0.4 is 5.32 Å². The van der Waals surface area contributed by atoms with Crippen LogP contribution in [0.5, 0.6) is 0 Å². The third-order valence-electron chi connectivity index (χ3n) is 2.91. The summed E-state index contributed by atoms with van der Waals surface area (Å²) in [4.78, 5) is 17.3. The minimum Gasteiger partial charge on any atom is -0.298 e. The van der Waals surface area contributed by atoms with E-state index in [2.05, 4.69) is 10.3 Å². The number of nitrogens with one attached hydrogen (secondary N) is 1. The molecular weight excluding hydrogens is 355 g/mol. The molecule has 0 saturated carbocycles. The second-order valence-corrected chi connectivity index (χ2v) is 6.69. The van der Waals surface area contributed by atoms with Gasteiger partial charge in [0.25, 0.3) is 0 Å². The Morgan fingerprint density at radius 2 is 2.13 bits per heavy atom. The lowest BCUT2D eigenvalue weighted by molar-refractivity contribution is -0.111. The molecule has 116 valence electrons. The number of thiophene rings is 1. The maximum absolute atomic E-state index is 13.6. The molecule has 0 aliphatic carbocycles. The average Bonchev–Trinajstić information content (AvgIpc) is 3.17. The van der Waals surface area contributed by atoms with E-state index in [-0.39, 0.29) is 10.6 Å². The van der Waals surface area contributed by atoms with E-state index in [1.165, 1.54) is 35.6 Å². The Morgan fingerprint density at radius 3 is 2.87 bits per heavy atom. The number of amides is 1. The summed E-state index contributed by atoms with van der Waals surface area (Å²) in [5.74, 6) is -0.868. The Bertz CT molecular complexity index is 839. The van der Waals surface area contributed by atoms with Crippen molar-refractivity contribution in [1.29, 1.82) is 0 Å². The lowest BCUT2D eigenvalue weighted by atomic mass is 10.2. The number of benzene rings is 1. The van der Waals surface area contributed by atoms with Gasteiger partial charge < -0.3 is 0 Å². The van der Waals surface area contributed by atoms with Crippen molar-refractivity contribution in [2.24, 2.45) is 0 Å². The highest BCUT2D eigenvalue weighted by Gasteiger charge is 2.08. The van der Waals surface area contributed by atoms with Crippen LogP contribution >= 0.6 is 34.3 Å². The monoisotopic (exact) mass is 364 g/mol. The van der Waals surface area contributed by atoms with Gasteiger partial charge in [0.1, 0.15) is 5.82 Å². The zero-order chi connectivity index (χ0) is 16.2. The molecule has 0 bridgehead atoms. The fraction of sp³-hybridized carbons (Fsp3) is 0. The van der Waals surface area contributed by atoms with Gasteiger partial charge in [0, 0.05) is 17.0 Å². The van der Waals surface area contributed by atoms with Crippen molar-refractivity contribution in [2.45, 2.75) is 0 Å². The van der Waals surface area contributed by atoms with Gasteiger partial charge in [0.15, 0.2) is 5.13 Å². The van der Waals surface area contributed by atoms with Crippen molar-refractivity contribution >= 4 is 51.4 Å². The first-order valence-electron chi connectivity index (χ1n) is 6.56. The van der Waals surface area contributed by atoms with Gasteiger partial charge in [-0.05, 0) is 29.7 Å². The van der Waals surface area contributed by atoms with E-state index in [0.717, 1.165) is 10.6 Å². The van der Waals surface area contributed by atoms with E-state index >= 15 is 0 Å². The number of carbonyl (C=O) groups is 1. The van der Waals surface area contributed by atoms with Crippen LogP contribution in [0.4, 0.5) is 9.52 Å². The molecule has 3 aromatic rings. The molecule has 23 heavy (non-hydrogen) atoms. The fourth-order valence-electron chi connectivity index (χ4n) is 1.84. The standard InChI is InChI=1S/C16H10ClFN2OS2/c17-11-3-1-4-12(18)10(11)6-7-15(21)20-16-19-13(9-23-16)14-5-2-8-22-14/h1-9H,(H,19,20,21). The molecule has 0 fully saturated rings. The fourth-order valence-corrected chi connectivity index (χ4v) is 3.54. The Labute approximate surface area is 145 Å². The minimum absolute atomic E-state index is 0.183. The molecule has 1 aromatic carbocycles. The van der Waals surface area contributed by atoms with Crippen LogP contribution in [0, 0.1) is 5.82 Å². The molecule has 2 heterocycles. The van der Waals surface area contributed by atoms with Crippen molar-refractivity contribution in [3.05, 3.63) is 63.6 Å². The molecule has 0 atom stereocenters. The van der Waals surface area contributed by atoms with E-state index in [0.29, 0.717) is 5.13 Å². The van der Waals surface area contributed by atoms with Crippen molar-refractivity contribution < 1.29 is 9.18 Å². The first-order chi connectivity index (χ1) is 11.1. The average molecular weight is 365 g/mol. The van der Waals surface area contributed by atoms with Crippen LogP contribution in [-0.4, -0.2) is 10.9 Å². The zero-order valence-electron chi connectivity index (χ0n) is 11.6. The molecule has 0 aliphatic rings. The molecule has 2 aromatic heterocycles. The quantitative estimate of drug-likeness (QED) is 0.637. The van der Waals surface area contributed by atoms with E-state index in [4.69, 9.17) is 11.6 Å². The minimum atomic E-state index is -0.476. The number of aromatic nitrogens is 1. The molecule has 3 rings (SSSR count). The Hall–Kier alpha value is -2.02. The van der Waals surface area contributed by atoms with Crippen LogP contribution in [0.25, 0.3) is 16.6 Å². The number of carbonyl (C=O) groups excluding carboxylic acids is 1. The van der Waals surface area contributed by atoms with E-state index in [1.54, 1.807) is 17.4 Å².